The molecule has 0 unspecified atom stereocenters. The fourth-order valence-corrected chi connectivity index (χ4v) is 3.34. The van der Waals surface area contributed by atoms with Gasteiger partial charge in [-0.05, 0) is 35.4 Å². The average molecular weight is 479 g/mol. The molecule has 0 saturated carbocycles. The van der Waals surface area contributed by atoms with E-state index >= 15 is 0 Å². The fourth-order valence-electron chi connectivity index (χ4n) is 3.34. The molecule has 0 spiro atoms. The highest BCUT2D eigenvalue weighted by atomic mass is 19.4. The third-order valence-electron chi connectivity index (χ3n) is 4.96. The largest absolute Gasteiger partial charge is 0.573 e. The van der Waals surface area contributed by atoms with Gasteiger partial charge in [-0.25, -0.2) is 0 Å². The van der Waals surface area contributed by atoms with Crippen molar-refractivity contribution < 1.29 is 32.2 Å². The Hall–Kier alpha value is -4.33. The molecule has 0 saturated heterocycles. The predicted octanol–water partition coefficient (Wildman–Crippen LogP) is 6.62. The molecule has 35 heavy (non-hydrogen) atoms. The van der Waals surface area contributed by atoms with Crippen molar-refractivity contribution in [3.63, 3.8) is 0 Å². The van der Waals surface area contributed by atoms with Gasteiger partial charge in [-0.3, -0.25) is 4.79 Å². The zero-order chi connectivity index (χ0) is 24.7. The minimum absolute atomic E-state index is 0.103. The maximum atomic E-state index is 12.8. The molecule has 3 aromatic carbocycles. The van der Waals surface area contributed by atoms with E-state index in [4.69, 9.17) is 9.47 Å². The lowest BCUT2D eigenvalue weighted by Gasteiger charge is -2.16. The van der Waals surface area contributed by atoms with E-state index < -0.39 is 12.1 Å². The molecule has 1 aromatic heterocycles. The normalized spacial score (nSPS) is 11.1. The van der Waals surface area contributed by atoms with Gasteiger partial charge in [0.05, 0.1) is 0 Å². The smallest absolute Gasteiger partial charge is 0.473 e. The molecule has 8 heteroatoms. The number of hydrogen-bond donors (Lipinski definition) is 0. The molecule has 0 atom stereocenters. The Balaban J connectivity index is 1.69. The maximum Gasteiger partial charge on any atom is 0.573 e. The van der Waals surface area contributed by atoms with E-state index in [-0.39, 0.29) is 36.1 Å². The summed E-state index contributed by atoms with van der Waals surface area (Å²) in [5.74, 6) is -0.0980. The molecule has 178 valence electrons. The van der Waals surface area contributed by atoms with Crippen molar-refractivity contribution in [3.8, 4) is 28.6 Å². The lowest BCUT2D eigenvalue weighted by Crippen LogP contribution is -2.17. The van der Waals surface area contributed by atoms with Gasteiger partial charge in [0, 0.05) is 22.8 Å². The molecule has 4 rings (SSSR count). The van der Waals surface area contributed by atoms with Crippen LogP contribution in [0.1, 0.15) is 21.5 Å². The number of rotatable bonds is 9. The number of ether oxygens (including phenoxy) is 3. The Bertz CT molecular complexity index is 1280. The van der Waals surface area contributed by atoms with Gasteiger partial charge in [0.15, 0.2) is 6.29 Å². The van der Waals surface area contributed by atoms with Crippen molar-refractivity contribution in [2.75, 3.05) is 0 Å². The van der Waals surface area contributed by atoms with Gasteiger partial charge in [-0.2, -0.15) is 4.98 Å². The number of pyridine rings is 1. The third-order valence-corrected chi connectivity index (χ3v) is 4.96. The maximum absolute atomic E-state index is 12.8. The predicted molar refractivity (Wildman–Crippen MR) is 123 cm³/mol. The summed E-state index contributed by atoms with van der Waals surface area (Å²) in [5, 5.41) is 0. The van der Waals surface area contributed by atoms with Crippen molar-refractivity contribution in [1.29, 1.82) is 0 Å². The standard InChI is InChI=1S/C27H20F3NO4/c28-27(29,30)35-22-12-11-21(16-32)24(15-22)23-13-14-25(33-17-19-7-3-1-4-8-19)31-26(23)34-18-20-9-5-2-6-10-20/h1-16H,17-18H2. The van der Waals surface area contributed by atoms with Crippen LogP contribution in [0.3, 0.4) is 0 Å². The van der Waals surface area contributed by atoms with Gasteiger partial charge in [0.1, 0.15) is 19.0 Å². The van der Waals surface area contributed by atoms with Crippen molar-refractivity contribution in [3.05, 3.63) is 108 Å². The van der Waals surface area contributed by atoms with E-state index in [0.29, 0.717) is 11.8 Å². The van der Waals surface area contributed by atoms with Crippen molar-refractivity contribution in [2.45, 2.75) is 19.6 Å². The van der Waals surface area contributed by atoms with Crippen LogP contribution in [0.5, 0.6) is 17.5 Å². The minimum atomic E-state index is -4.88. The van der Waals surface area contributed by atoms with Gasteiger partial charge in [-0.1, -0.05) is 60.7 Å². The summed E-state index contributed by atoms with van der Waals surface area (Å²) in [6.07, 6.45) is -4.33. The number of benzene rings is 3. The van der Waals surface area contributed by atoms with E-state index in [1.165, 1.54) is 6.07 Å². The second-order valence-corrected chi connectivity index (χ2v) is 7.47. The lowest BCUT2D eigenvalue weighted by molar-refractivity contribution is -0.274. The summed E-state index contributed by atoms with van der Waals surface area (Å²) in [7, 11) is 0. The van der Waals surface area contributed by atoms with Crippen LogP contribution in [0.15, 0.2) is 91.0 Å². The first-order valence-corrected chi connectivity index (χ1v) is 10.6. The quantitative estimate of drug-likeness (QED) is 0.253. The summed E-state index contributed by atoms with van der Waals surface area (Å²) >= 11 is 0. The molecule has 0 aliphatic carbocycles. The Kier molecular flexibility index (Phi) is 7.30. The molecule has 0 bridgehead atoms. The number of nitrogens with zero attached hydrogens (tertiary/aromatic N) is 1. The van der Waals surface area contributed by atoms with Crippen molar-refractivity contribution >= 4 is 6.29 Å². The van der Waals surface area contributed by atoms with Crippen LogP contribution >= 0.6 is 0 Å². The van der Waals surface area contributed by atoms with Gasteiger partial charge in [0.2, 0.25) is 11.8 Å². The molecular formula is C27H20F3NO4. The van der Waals surface area contributed by atoms with Gasteiger partial charge in [0.25, 0.3) is 0 Å². The van der Waals surface area contributed by atoms with Gasteiger partial charge >= 0.3 is 6.36 Å². The number of carbonyl (C=O) groups excluding carboxylic acids is 1. The van der Waals surface area contributed by atoms with Gasteiger partial charge < -0.3 is 14.2 Å². The van der Waals surface area contributed by atoms with Crippen molar-refractivity contribution in [2.24, 2.45) is 0 Å². The second kappa shape index (κ2) is 10.7. The highest BCUT2D eigenvalue weighted by Gasteiger charge is 2.31. The molecule has 0 radical (unpaired) electrons. The molecule has 0 N–H and O–H groups in total. The van der Waals surface area contributed by atoms with E-state index in [9.17, 15) is 18.0 Å². The molecule has 0 amide bonds. The van der Waals surface area contributed by atoms with Crippen LogP contribution in [0.25, 0.3) is 11.1 Å². The Morgan fingerprint density at radius 3 is 1.97 bits per heavy atom. The van der Waals surface area contributed by atoms with E-state index in [1.54, 1.807) is 12.1 Å². The first kappa shape index (κ1) is 23.8. The summed E-state index contributed by atoms with van der Waals surface area (Å²) in [5.41, 5.74) is 2.46. The summed E-state index contributed by atoms with van der Waals surface area (Å²) in [4.78, 5) is 16.1. The Morgan fingerprint density at radius 2 is 1.37 bits per heavy atom. The topological polar surface area (TPSA) is 57.7 Å². The molecule has 5 nitrogen and oxygen atoms in total. The summed E-state index contributed by atoms with van der Waals surface area (Å²) < 4.78 is 54.1. The Morgan fingerprint density at radius 1 is 0.743 bits per heavy atom. The molecule has 1 heterocycles. The van der Waals surface area contributed by atoms with Crippen LogP contribution in [0, 0.1) is 0 Å². The van der Waals surface area contributed by atoms with Crippen LogP contribution in [-0.2, 0) is 13.2 Å². The number of aromatic nitrogens is 1. The van der Waals surface area contributed by atoms with Crippen LogP contribution in [-0.4, -0.2) is 17.6 Å². The SMILES string of the molecule is O=Cc1ccc(OC(F)(F)F)cc1-c1ccc(OCc2ccccc2)nc1OCc1ccccc1. The van der Waals surface area contributed by atoms with Crippen LogP contribution in [0.4, 0.5) is 13.2 Å². The molecule has 0 aliphatic rings. The second-order valence-electron chi connectivity index (χ2n) is 7.47. The number of alkyl halides is 3. The average Bonchev–Trinajstić information content (AvgIpc) is 2.86. The summed E-state index contributed by atoms with van der Waals surface area (Å²) in [6, 6.07) is 25.4. The van der Waals surface area contributed by atoms with Crippen LogP contribution < -0.4 is 14.2 Å². The number of hydrogen-bond acceptors (Lipinski definition) is 5. The van der Waals surface area contributed by atoms with E-state index in [0.717, 1.165) is 23.3 Å². The monoisotopic (exact) mass is 479 g/mol. The highest BCUT2D eigenvalue weighted by Crippen LogP contribution is 2.36. The molecular weight excluding hydrogens is 459 g/mol. The highest BCUT2D eigenvalue weighted by molar-refractivity contribution is 5.89. The zero-order valence-electron chi connectivity index (χ0n) is 18.4. The van der Waals surface area contributed by atoms with Crippen LogP contribution in [0.2, 0.25) is 0 Å². The lowest BCUT2D eigenvalue weighted by atomic mass is 10.0. The number of carbonyl (C=O) groups is 1. The van der Waals surface area contributed by atoms with E-state index in [2.05, 4.69) is 9.72 Å². The third kappa shape index (κ3) is 6.60. The molecule has 0 aliphatic heterocycles. The first-order valence-electron chi connectivity index (χ1n) is 10.6. The first-order chi connectivity index (χ1) is 16.9. The number of halogens is 3. The van der Waals surface area contributed by atoms with E-state index in [1.807, 2.05) is 60.7 Å². The van der Waals surface area contributed by atoms with Crippen molar-refractivity contribution in [1.82, 2.24) is 4.98 Å². The molecule has 0 fully saturated rings. The Labute approximate surface area is 199 Å². The molecule has 4 aromatic rings. The fraction of sp³-hybridized carbons (Fsp3) is 0.111. The minimum Gasteiger partial charge on any atom is -0.473 e. The van der Waals surface area contributed by atoms with Gasteiger partial charge in [-0.15, -0.1) is 13.2 Å². The summed E-state index contributed by atoms with van der Waals surface area (Å²) in [6.45, 7) is 0.415. The zero-order valence-corrected chi connectivity index (χ0v) is 18.4. The number of aldehydes is 1.